The maximum Gasteiger partial charge on any atom is 0.287 e. The second-order valence-electron chi connectivity index (χ2n) is 5.81. The summed E-state index contributed by atoms with van der Waals surface area (Å²) in [6.07, 6.45) is 3.58. The molecule has 3 rings (SSSR count). The van der Waals surface area contributed by atoms with Crippen LogP contribution in [-0.2, 0) is 17.8 Å². The third kappa shape index (κ3) is 4.21. The minimum Gasteiger partial charge on any atom is -0.459 e. The molecule has 0 saturated carbocycles. The van der Waals surface area contributed by atoms with Gasteiger partial charge in [-0.3, -0.25) is 9.59 Å². The van der Waals surface area contributed by atoms with E-state index in [0.29, 0.717) is 31.6 Å². The fourth-order valence-corrected chi connectivity index (χ4v) is 2.87. The minimum atomic E-state index is -0.257. The molecule has 1 aromatic carbocycles. The fraction of sp³-hybridized carbons (Fsp3) is 0.333. The Morgan fingerprint density at radius 3 is 2.84 bits per heavy atom. The predicted octanol–water partition coefficient (Wildman–Crippen LogP) is 2.26. The molecule has 2 aromatic rings. The van der Waals surface area contributed by atoms with Crippen LogP contribution in [0.4, 0.5) is 5.69 Å². The predicted molar refractivity (Wildman–Crippen MR) is 97.9 cm³/mol. The molecule has 0 radical (unpaired) electrons. The molecule has 0 bridgehead atoms. The van der Waals surface area contributed by atoms with Gasteiger partial charge in [0.25, 0.3) is 5.91 Å². The van der Waals surface area contributed by atoms with Crippen LogP contribution in [0.25, 0.3) is 0 Å². The number of nitrogens with one attached hydrogen (secondary N) is 1. The molecule has 0 unspecified atom stereocenters. The van der Waals surface area contributed by atoms with Crippen LogP contribution >= 0.6 is 12.4 Å². The second-order valence-corrected chi connectivity index (χ2v) is 5.81. The molecule has 0 aliphatic carbocycles. The number of hydrogen-bond acceptors (Lipinski definition) is 4. The largest absolute Gasteiger partial charge is 0.459 e. The molecule has 25 heavy (non-hydrogen) atoms. The van der Waals surface area contributed by atoms with Crippen molar-refractivity contribution >= 4 is 29.9 Å². The molecule has 0 spiro atoms. The zero-order valence-electron chi connectivity index (χ0n) is 13.9. The topological polar surface area (TPSA) is 88.6 Å². The van der Waals surface area contributed by atoms with Gasteiger partial charge in [-0.1, -0.05) is 18.2 Å². The smallest absolute Gasteiger partial charge is 0.287 e. The Morgan fingerprint density at radius 1 is 1.24 bits per heavy atom. The van der Waals surface area contributed by atoms with Crippen molar-refractivity contribution in [3.63, 3.8) is 0 Å². The number of nitrogens with zero attached hydrogens (tertiary/aromatic N) is 1. The second kappa shape index (κ2) is 8.69. The number of hydrogen-bond donors (Lipinski definition) is 2. The lowest BCUT2D eigenvalue weighted by Crippen LogP contribution is -2.29. The molecule has 0 atom stereocenters. The molecular weight excluding hydrogens is 342 g/mol. The van der Waals surface area contributed by atoms with E-state index in [1.807, 2.05) is 24.3 Å². The van der Waals surface area contributed by atoms with E-state index >= 15 is 0 Å². The van der Waals surface area contributed by atoms with Crippen molar-refractivity contribution in [2.24, 2.45) is 5.73 Å². The number of carbonyl (C=O) groups excluding carboxylic acids is 2. The van der Waals surface area contributed by atoms with Crippen molar-refractivity contribution in [2.45, 2.75) is 25.8 Å². The number of furan rings is 1. The van der Waals surface area contributed by atoms with E-state index in [-0.39, 0.29) is 30.0 Å². The summed E-state index contributed by atoms with van der Waals surface area (Å²) in [5.74, 6) is 0.0404. The van der Waals surface area contributed by atoms with Crippen LogP contribution < -0.4 is 16.0 Å². The Kier molecular flexibility index (Phi) is 6.61. The van der Waals surface area contributed by atoms with E-state index < -0.39 is 0 Å². The Hall–Kier alpha value is -2.31. The Bertz CT molecular complexity index is 745. The van der Waals surface area contributed by atoms with Gasteiger partial charge in [0, 0.05) is 17.8 Å². The number of para-hydroxylation sites is 1. The lowest BCUT2D eigenvalue weighted by molar-refractivity contribution is -0.117. The summed E-state index contributed by atoms with van der Waals surface area (Å²) in [6.45, 7) is 1.50. The van der Waals surface area contributed by atoms with Gasteiger partial charge in [-0.25, -0.2) is 0 Å². The SMILES string of the molecule is Cl.NCCCCNC(=O)c1occc1CN1C(=O)Cc2ccccc21. The van der Waals surface area contributed by atoms with Gasteiger partial charge in [0.1, 0.15) is 0 Å². The van der Waals surface area contributed by atoms with Crippen molar-refractivity contribution < 1.29 is 14.0 Å². The lowest BCUT2D eigenvalue weighted by atomic mass is 10.1. The van der Waals surface area contributed by atoms with Gasteiger partial charge in [-0.05, 0) is 37.1 Å². The minimum absolute atomic E-state index is 0. The van der Waals surface area contributed by atoms with E-state index in [2.05, 4.69) is 5.32 Å². The lowest BCUT2D eigenvalue weighted by Gasteiger charge is -2.17. The van der Waals surface area contributed by atoms with Crippen LogP contribution in [0, 0.1) is 0 Å². The molecule has 7 heteroatoms. The van der Waals surface area contributed by atoms with E-state index in [4.69, 9.17) is 10.2 Å². The highest BCUT2D eigenvalue weighted by molar-refractivity contribution is 6.01. The summed E-state index contributed by atoms with van der Waals surface area (Å²) in [6, 6.07) is 9.45. The number of benzene rings is 1. The standard InChI is InChI=1S/C18H21N3O3.ClH/c19-8-3-4-9-20-18(23)17-14(7-10-24-17)12-21-15-6-2-1-5-13(15)11-16(21)22;/h1-2,5-7,10H,3-4,8-9,11-12,19H2,(H,20,23);1H. The molecule has 1 aliphatic heterocycles. The summed E-state index contributed by atoms with van der Waals surface area (Å²) in [5, 5.41) is 2.82. The van der Waals surface area contributed by atoms with Crippen molar-refractivity contribution in [2.75, 3.05) is 18.0 Å². The maximum atomic E-state index is 12.3. The van der Waals surface area contributed by atoms with Gasteiger partial charge in [-0.2, -0.15) is 0 Å². The summed E-state index contributed by atoms with van der Waals surface area (Å²) in [5.41, 5.74) is 8.06. The van der Waals surface area contributed by atoms with Crippen LogP contribution in [0.3, 0.4) is 0 Å². The summed E-state index contributed by atoms with van der Waals surface area (Å²) >= 11 is 0. The monoisotopic (exact) mass is 363 g/mol. The van der Waals surface area contributed by atoms with Crippen molar-refractivity contribution in [3.05, 3.63) is 53.5 Å². The fourth-order valence-electron chi connectivity index (χ4n) is 2.87. The number of nitrogens with two attached hydrogens (primary N) is 1. The number of rotatable bonds is 7. The molecule has 1 aromatic heterocycles. The van der Waals surface area contributed by atoms with Crippen molar-refractivity contribution in [1.29, 1.82) is 0 Å². The van der Waals surface area contributed by atoms with E-state index in [1.165, 1.54) is 6.26 Å². The average Bonchev–Trinajstić information content (AvgIpc) is 3.17. The summed E-state index contributed by atoms with van der Waals surface area (Å²) < 4.78 is 5.34. The van der Waals surface area contributed by atoms with Crippen molar-refractivity contribution in [3.8, 4) is 0 Å². The first-order valence-corrected chi connectivity index (χ1v) is 8.13. The van der Waals surface area contributed by atoms with Crippen LogP contribution in [0.1, 0.15) is 34.5 Å². The van der Waals surface area contributed by atoms with Gasteiger partial charge in [0.2, 0.25) is 5.91 Å². The average molecular weight is 364 g/mol. The Labute approximate surface area is 152 Å². The van der Waals surface area contributed by atoms with Gasteiger partial charge < -0.3 is 20.4 Å². The highest BCUT2D eigenvalue weighted by Crippen LogP contribution is 2.30. The van der Waals surface area contributed by atoms with E-state index in [0.717, 1.165) is 24.1 Å². The molecule has 6 nitrogen and oxygen atoms in total. The first-order valence-electron chi connectivity index (χ1n) is 8.13. The highest BCUT2D eigenvalue weighted by Gasteiger charge is 2.28. The zero-order chi connectivity index (χ0) is 16.9. The summed E-state index contributed by atoms with van der Waals surface area (Å²) in [7, 11) is 0. The number of amides is 2. The quantitative estimate of drug-likeness (QED) is 0.738. The number of anilines is 1. The summed E-state index contributed by atoms with van der Waals surface area (Å²) in [4.78, 5) is 26.2. The molecule has 1 aliphatic rings. The molecular formula is C18H22ClN3O3. The Morgan fingerprint density at radius 2 is 2.04 bits per heavy atom. The first-order chi connectivity index (χ1) is 11.7. The maximum absolute atomic E-state index is 12.3. The van der Waals surface area contributed by atoms with Gasteiger partial charge in [-0.15, -0.1) is 12.4 Å². The van der Waals surface area contributed by atoms with Crippen LogP contribution in [0.15, 0.2) is 41.0 Å². The van der Waals surface area contributed by atoms with Crippen LogP contribution in [-0.4, -0.2) is 24.9 Å². The van der Waals surface area contributed by atoms with Crippen LogP contribution in [0.5, 0.6) is 0 Å². The molecule has 0 saturated heterocycles. The van der Waals surface area contributed by atoms with Gasteiger partial charge >= 0.3 is 0 Å². The van der Waals surface area contributed by atoms with Crippen LogP contribution in [0.2, 0.25) is 0 Å². The molecule has 134 valence electrons. The van der Waals surface area contributed by atoms with E-state index in [9.17, 15) is 9.59 Å². The first kappa shape index (κ1) is 19.0. The third-order valence-electron chi connectivity index (χ3n) is 4.12. The van der Waals surface area contributed by atoms with E-state index in [1.54, 1.807) is 11.0 Å². The number of halogens is 1. The number of fused-ring (bicyclic) bond motifs is 1. The zero-order valence-corrected chi connectivity index (χ0v) is 14.7. The molecule has 3 N–H and O–H groups in total. The molecule has 0 fully saturated rings. The van der Waals surface area contributed by atoms with Gasteiger partial charge in [0.15, 0.2) is 5.76 Å². The molecule has 2 amide bonds. The highest BCUT2D eigenvalue weighted by atomic mass is 35.5. The van der Waals surface area contributed by atoms with Crippen molar-refractivity contribution in [1.82, 2.24) is 5.32 Å². The number of unbranched alkanes of at least 4 members (excludes halogenated alkanes) is 1. The Balaban J connectivity index is 0.00000225. The molecule has 2 heterocycles. The number of carbonyl (C=O) groups is 2. The normalized spacial score (nSPS) is 12.7. The van der Waals surface area contributed by atoms with Gasteiger partial charge in [0.05, 0.1) is 19.2 Å². The third-order valence-corrected chi connectivity index (χ3v) is 4.12.